The summed E-state index contributed by atoms with van der Waals surface area (Å²) < 4.78 is 26.7. The van der Waals surface area contributed by atoms with Gasteiger partial charge in [-0.1, -0.05) is 20.8 Å². The number of halogens is 1. The van der Waals surface area contributed by atoms with Gasteiger partial charge in [-0.05, 0) is 31.1 Å². The van der Waals surface area contributed by atoms with E-state index in [0.29, 0.717) is 19.8 Å². The SMILES string of the molecule is CCCOP(=S)(OCCC)N(CCC)SN(C)C(=O)F. The number of carbonyl (C=O) groups is 1. The summed E-state index contributed by atoms with van der Waals surface area (Å²) in [5.41, 5.74) is 0. The number of rotatable bonds is 11. The Hall–Kier alpha value is 0.280. The van der Waals surface area contributed by atoms with Crippen LogP contribution in [0.2, 0.25) is 0 Å². The second-order valence-corrected chi connectivity index (χ2v) is 8.79. The Morgan fingerprint density at radius 2 is 1.70 bits per heavy atom. The summed E-state index contributed by atoms with van der Waals surface area (Å²) in [7, 11) is 1.36. The Kier molecular flexibility index (Phi) is 11.1. The molecule has 0 heterocycles. The number of amides is 1. The van der Waals surface area contributed by atoms with Crippen LogP contribution in [-0.4, -0.2) is 41.3 Å². The van der Waals surface area contributed by atoms with Gasteiger partial charge in [0.1, 0.15) is 0 Å². The van der Waals surface area contributed by atoms with Gasteiger partial charge in [0.2, 0.25) is 0 Å². The monoisotopic (exact) mass is 346 g/mol. The molecule has 0 spiro atoms. The first-order valence-electron chi connectivity index (χ1n) is 6.69. The second kappa shape index (κ2) is 10.9. The van der Waals surface area contributed by atoms with Crippen LogP contribution in [0.25, 0.3) is 0 Å². The molecule has 0 aromatic heterocycles. The zero-order valence-corrected chi connectivity index (χ0v) is 15.0. The topological polar surface area (TPSA) is 42.0 Å². The first kappa shape index (κ1) is 20.3. The van der Waals surface area contributed by atoms with Crippen molar-refractivity contribution in [2.75, 3.05) is 26.8 Å². The molecule has 0 unspecified atom stereocenters. The maximum Gasteiger partial charge on any atom is 0.410 e. The standard InChI is InChI=1S/C11H24FN2O3PS2/c1-5-8-14(20-13(4)11(12)15)18(19,16-9-6-2)17-10-7-3/h5-10H2,1-4H3. The van der Waals surface area contributed by atoms with Gasteiger partial charge in [-0.3, -0.25) is 0 Å². The Morgan fingerprint density at radius 1 is 1.20 bits per heavy atom. The second-order valence-electron chi connectivity index (χ2n) is 4.04. The van der Waals surface area contributed by atoms with Crippen LogP contribution in [0.4, 0.5) is 9.18 Å². The predicted molar refractivity (Wildman–Crippen MR) is 85.6 cm³/mol. The number of hydrogen-bond acceptors (Lipinski definition) is 5. The van der Waals surface area contributed by atoms with Gasteiger partial charge in [0.25, 0.3) is 6.64 Å². The van der Waals surface area contributed by atoms with Crippen LogP contribution in [0, 0.1) is 0 Å². The molecule has 0 saturated heterocycles. The number of nitrogens with zero attached hydrogens (tertiary/aromatic N) is 2. The van der Waals surface area contributed by atoms with Gasteiger partial charge in [0, 0.05) is 13.6 Å². The summed E-state index contributed by atoms with van der Waals surface area (Å²) in [6.45, 7) is 4.76. The van der Waals surface area contributed by atoms with Gasteiger partial charge in [-0.2, -0.15) is 4.08 Å². The van der Waals surface area contributed by atoms with Gasteiger partial charge in [0.15, 0.2) is 0 Å². The van der Waals surface area contributed by atoms with E-state index in [1.54, 1.807) is 4.08 Å². The molecule has 0 aliphatic heterocycles. The van der Waals surface area contributed by atoms with E-state index in [4.69, 9.17) is 20.9 Å². The van der Waals surface area contributed by atoms with E-state index >= 15 is 0 Å². The zero-order valence-electron chi connectivity index (χ0n) is 12.5. The summed E-state index contributed by atoms with van der Waals surface area (Å²) in [6.07, 6.45) is 0.904. The molecule has 0 radical (unpaired) electrons. The van der Waals surface area contributed by atoms with Crippen LogP contribution in [0.5, 0.6) is 0 Å². The molecular formula is C11H24FN2O3PS2. The van der Waals surface area contributed by atoms with Crippen molar-refractivity contribution >= 4 is 36.7 Å². The molecule has 120 valence electrons. The first-order chi connectivity index (χ1) is 9.41. The van der Waals surface area contributed by atoms with Gasteiger partial charge in [-0.25, -0.2) is 9.10 Å². The highest BCUT2D eigenvalue weighted by Crippen LogP contribution is 2.56. The Balaban J connectivity index is 4.98. The molecule has 0 fully saturated rings. The van der Waals surface area contributed by atoms with E-state index in [9.17, 15) is 9.18 Å². The minimum absolute atomic E-state index is 0.481. The third-order valence-corrected chi connectivity index (χ3v) is 6.99. The lowest BCUT2D eigenvalue weighted by Crippen LogP contribution is -2.25. The number of hydrogen-bond donors (Lipinski definition) is 0. The van der Waals surface area contributed by atoms with Crippen molar-refractivity contribution in [1.82, 2.24) is 8.38 Å². The maximum absolute atomic E-state index is 12.7. The smallest absolute Gasteiger partial charge is 0.317 e. The van der Waals surface area contributed by atoms with Gasteiger partial charge < -0.3 is 9.05 Å². The number of carbonyl (C=O) groups excluding carboxylic acids is 1. The van der Waals surface area contributed by atoms with E-state index in [1.165, 1.54) is 7.05 Å². The van der Waals surface area contributed by atoms with Crippen molar-refractivity contribution in [1.29, 1.82) is 0 Å². The fraction of sp³-hybridized carbons (Fsp3) is 0.909. The third-order valence-electron chi connectivity index (χ3n) is 2.07. The Labute approximate surface area is 130 Å². The van der Waals surface area contributed by atoms with Crippen LogP contribution in [0.15, 0.2) is 0 Å². The highest BCUT2D eigenvalue weighted by molar-refractivity contribution is 8.15. The molecule has 0 N–H and O–H groups in total. The van der Waals surface area contributed by atoms with E-state index < -0.39 is 12.8 Å². The fourth-order valence-corrected chi connectivity index (χ4v) is 5.30. The zero-order chi connectivity index (χ0) is 15.6. The average molecular weight is 346 g/mol. The summed E-state index contributed by atoms with van der Waals surface area (Å²) in [5.74, 6) is 0. The minimum Gasteiger partial charge on any atom is -0.317 e. The molecule has 20 heavy (non-hydrogen) atoms. The molecule has 0 bridgehead atoms. The highest BCUT2D eigenvalue weighted by Gasteiger charge is 2.31. The summed E-state index contributed by atoms with van der Waals surface area (Å²) in [5, 5.41) is 0. The minimum atomic E-state index is -2.70. The van der Waals surface area contributed by atoms with Crippen molar-refractivity contribution < 1.29 is 18.2 Å². The lowest BCUT2D eigenvalue weighted by atomic mass is 10.5. The summed E-state index contributed by atoms with van der Waals surface area (Å²) in [6, 6.07) is 0. The Bertz CT molecular complexity index is 325. The lowest BCUT2D eigenvalue weighted by Gasteiger charge is -2.33. The van der Waals surface area contributed by atoms with Gasteiger partial charge in [-0.15, -0.1) is 4.39 Å². The van der Waals surface area contributed by atoms with Crippen molar-refractivity contribution in [2.24, 2.45) is 0 Å². The van der Waals surface area contributed by atoms with E-state index in [-0.39, 0.29) is 0 Å². The van der Waals surface area contributed by atoms with Crippen LogP contribution in [0.3, 0.4) is 0 Å². The lowest BCUT2D eigenvalue weighted by molar-refractivity contribution is 0.207. The quantitative estimate of drug-likeness (QED) is 0.240. The molecule has 0 aromatic rings. The Morgan fingerprint density at radius 3 is 2.05 bits per heavy atom. The van der Waals surface area contributed by atoms with E-state index in [2.05, 4.69) is 0 Å². The summed E-state index contributed by atoms with van der Waals surface area (Å²) in [4.78, 5) is 10.7. The predicted octanol–water partition coefficient (Wildman–Crippen LogP) is 4.36. The molecule has 0 atom stereocenters. The van der Waals surface area contributed by atoms with E-state index in [1.807, 2.05) is 20.8 Å². The van der Waals surface area contributed by atoms with Crippen molar-refractivity contribution in [3.63, 3.8) is 0 Å². The van der Waals surface area contributed by atoms with Crippen LogP contribution >= 0.6 is 18.8 Å². The van der Waals surface area contributed by atoms with Crippen LogP contribution in [-0.2, 0) is 20.9 Å². The van der Waals surface area contributed by atoms with Crippen molar-refractivity contribution in [3.8, 4) is 0 Å². The molecule has 0 aromatic carbocycles. The third kappa shape index (κ3) is 7.33. The van der Waals surface area contributed by atoms with Crippen LogP contribution < -0.4 is 0 Å². The molecule has 9 heteroatoms. The molecule has 0 aliphatic carbocycles. The van der Waals surface area contributed by atoms with Crippen molar-refractivity contribution in [3.05, 3.63) is 0 Å². The molecule has 0 rings (SSSR count). The average Bonchev–Trinajstić information content (AvgIpc) is 2.42. The normalized spacial score (nSPS) is 11.9. The van der Waals surface area contributed by atoms with Crippen LogP contribution in [0.1, 0.15) is 40.0 Å². The molecule has 0 saturated carbocycles. The molecule has 5 nitrogen and oxygen atoms in total. The fourth-order valence-electron chi connectivity index (χ4n) is 1.15. The maximum atomic E-state index is 12.7. The first-order valence-corrected chi connectivity index (χ1v) is 10.0. The molecular weight excluding hydrogens is 322 g/mol. The van der Waals surface area contributed by atoms with Gasteiger partial charge in [0.05, 0.1) is 25.3 Å². The largest absolute Gasteiger partial charge is 0.410 e. The summed E-state index contributed by atoms with van der Waals surface area (Å²) >= 11 is 6.46. The molecule has 1 amide bonds. The molecule has 0 aliphatic rings. The van der Waals surface area contributed by atoms with Crippen molar-refractivity contribution in [2.45, 2.75) is 40.0 Å². The van der Waals surface area contributed by atoms with E-state index in [0.717, 1.165) is 35.7 Å². The highest BCUT2D eigenvalue weighted by atomic mass is 32.5. The van der Waals surface area contributed by atoms with Gasteiger partial charge >= 0.3 is 6.16 Å².